The van der Waals surface area contributed by atoms with E-state index in [1.54, 1.807) is 12.1 Å². The molecule has 0 heterocycles. The van der Waals surface area contributed by atoms with Gasteiger partial charge in [-0.05, 0) is 49.4 Å². The van der Waals surface area contributed by atoms with Gasteiger partial charge in [-0.2, -0.15) is 13.2 Å². The molecule has 0 spiro atoms. The van der Waals surface area contributed by atoms with Crippen LogP contribution in [0.15, 0.2) is 42.5 Å². The van der Waals surface area contributed by atoms with E-state index in [1.165, 1.54) is 24.1 Å². The molecule has 0 aliphatic carbocycles. The second kappa shape index (κ2) is 5.70. The molecular formula is C17H17F3. The largest absolute Gasteiger partial charge is 0.416 e. The van der Waals surface area contributed by atoms with Gasteiger partial charge in [0.25, 0.3) is 0 Å². The number of halogens is 3. The Labute approximate surface area is 117 Å². The highest BCUT2D eigenvalue weighted by Gasteiger charge is 2.31. The molecule has 0 aromatic heterocycles. The molecule has 0 unspecified atom stereocenters. The Balaban J connectivity index is 2.07. The van der Waals surface area contributed by atoms with Crippen molar-refractivity contribution in [1.29, 1.82) is 0 Å². The van der Waals surface area contributed by atoms with Gasteiger partial charge in [0.1, 0.15) is 0 Å². The van der Waals surface area contributed by atoms with Crippen LogP contribution in [0.25, 0.3) is 0 Å². The predicted octanol–water partition coefficient (Wildman–Crippen LogP) is 5.11. The van der Waals surface area contributed by atoms with Crippen molar-refractivity contribution in [3.63, 3.8) is 0 Å². The second-order valence-corrected chi connectivity index (χ2v) is 5.13. The summed E-state index contributed by atoms with van der Waals surface area (Å²) < 4.78 is 38.0. The summed E-state index contributed by atoms with van der Waals surface area (Å²) in [4.78, 5) is 0. The Kier molecular flexibility index (Phi) is 4.17. The Morgan fingerprint density at radius 2 is 1.35 bits per heavy atom. The Morgan fingerprint density at radius 3 is 1.90 bits per heavy atom. The fraction of sp³-hybridized carbons (Fsp3) is 0.294. The summed E-state index contributed by atoms with van der Waals surface area (Å²) in [6.07, 6.45) is -2.67. The smallest absolute Gasteiger partial charge is 0.166 e. The van der Waals surface area contributed by atoms with Crippen LogP contribution in [-0.2, 0) is 19.0 Å². The highest BCUT2D eigenvalue weighted by atomic mass is 19.4. The Morgan fingerprint density at radius 1 is 0.800 bits per heavy atom. The summed E-state index contributed by atoms with van der Waals surface area (Å²) in [5.41, 5.74) is 3.10. The zero-order chi connectivity index (χ0) is 14.8. The summed E-state index contributed by atoms with van der Waals surface area (Å²) in [5, 5.41) is 0. The SMILES string of the molecule is Cc1ccc(CCc2ccc(C(F)(F)F)c(C)c2)cc1. The zero-order valence-corrected chi connectivity index (χ0v) is 11.6. The molecule has 0 aliphatic heterocycles. The quantitative estimate of drug-likeness (QED) is 0.732. The third-order valence-corrected chi connectivity index (χ3v) is 3.42. The summed E-state index contributed by atoms with van der Waals surface area (Å²) >= 11 is 0. The zero-order valence-electron chi connectivity index (χ0n) is 11.6. The first-order valence-corrected chi connectivity index (χ1v) is 6.58. The molecule has 0 atom stereocenters. The third-order valence-electron chi connectivity index (χ3n) is 3.42. The monoisotopic (exact) mass is 278 g/mol. The van der Waals surface area contributed by atoms with Crippen molar-refractivity contribution < 1.29 is 13.2 Å². The predicted molar refractivity (Wildman–Crippen MR) is 74.8 cm³/mol. The van der Waals surface area contributed by atoms with Crippen LogP contribution in [0.1, 0.15) is 27.8 Å². The van der Waals surface area contributed by atoms with Crippen LogP contribution < -0.4 is 0 Å². The van der Waals surface area contributed by atoms with Crippen LogP contribution in [0.3, 0.4) is 0 Å². The standard InChI is InChI=1S/C17H17F3/c1-12-3-5-14(6-4-12)7-8-15-9-10-16(13(2)11-15)17(18,19)20/h3-6,9-11H,7-8H2,1-2H3. The van der Waals surface area contributed by atoms with Crippen molar-refractivity contribution in [3.8, 4) is 0 Å². The van der Waals surface area contributed by atoms with Gasteiger partial charge in [0, 0.05) is 0 Å². The van der Waals surface area contributed by atoms with Crippen LogP contribution in [0, 0.1) is 13.8 Å². The lowest BCUT2D eigenvalue weighted by Gasteiger charge is -2.11. The molecular weight excluding hydrogens is 261 g/mol. The molecule has 106 valence electrons. The maximum Gasteiger partial charge on any atom is 0.416 e. The molecule has 0 bridgehead atoms. The summed E-state index contributed by atoms with van der Waals surface area (Å²) in [6, 6.07) is 12.6. The van der Waals surface area contributed by atoms with Gasteiger partial charge in [-0.25, -0.2) is 0 Å². The lowest BCUT2D eigenvalue weighted by molar-refractivity contribution is -0.138. The molecule has 0 nitrogen and oxygen atoms in total. The maximum atomic E-state index is 12.7. The molecule has 0 N–H and O–H groups in total. The van der Waals surface area contributed by atoms with Crippen molar-refractivity contribution in [2.45, 2.75) is 32.9 Å². The highest BCUT2D eigenvalue weighted by molar-refractivity contribution is 5.33. The Bertz CT molecular complexity index is 580. The van der Waals surface area contributed by atoms with E-state index in [4.69, 9.17) is 0 Å². The van der Waals surface area contributed by atoms with Crippen molar-refractivity contribution in [2.75, 3.05) is 0 Å². The van der Waals surface area contributed by atoms with Crippen LogP contribution >= 0.6 is 0 Å². The molecule has 2 rings (SSSR count). The Hall–Kier alpha value is -1.77. The lowest BCUT2D eigenvalue weighted by Crippen LogP contribution is -2.07. The minimum Gasteiger partial charge on any atom is -0.166 e. The van der Waals surface area contributed by atoms with Gasteiger partial charge < -0.3 is 0 Å². The molecule has 0 amide bonds. The molecule has 0 fully saturated rings. The van der Waals surface area contributed by atoms with Gasteiger partial charge in [0.15, 0.2) is 0 Å². The molecule has 2 aromatic carbocycles. The van der Waals surface area contributed by atoms with Crippen LogP contribution in [0.2, 0.25) is 0 Å². The number of hydrogen-bond acceptors (Lipinski definition) is 0. The minimum absolute atomic E-state index is 0.291. The van der Waals surface area contributed by atoms with Crippen LogP contribution in [0.4, 0.5) is 13.2 Å². The van der Waals surface area contributed by atoms with E-state index in [2.05, 4.69) is 12.1 Å². The van der Waals surface area contributed by atoms with E-state index in [1.807, 2.05) is 19.1 Å². The average Bonchev–Trinajstić information content (AvgIpc) is 2.36. The van der Waals surface area contributed by atoms with Crippen molar-refractivity contribution in [1.82, 2.24) is 0 Å². The van der Waals surface area contributed by atoms with Gasteiger partial charge in [0.05, 0.1) is 5.56 Å². The number of benzene rings is 2. The first-order valence-electron chi connectivity index (χ1n) is 6.58. The molecule has 0 saturated carbocycles. The average molecular weight is 278 g/mol. The molecule has 0 saturated heterocycles. The van der Waals surface area contributed by atoms with Crippen molar-refractivity contribution in [3.05, 3.63) is 70.3 Å². The van der Waals surface area contributed by atoms with Gasteiger partial charge in [-0.1, -0.05) is 42.0 Å². The van der Waals surface area contributed by atoms with E-state index >= 15 is 0 Å². The number of aryl methyl sites for hydroxylation is 4. The molecule has 0 aliphatic rings. The second-order valence-electron chi connectivity index (χ2n) is 5.13. The summed E-state index contributed by atoms with van der Waals surface area (Å²) in [6.45, 7) is 3.54. The molecule has 3 heteroatoms. The molecule has 2 aromatic rings. The summed E-state index contributed by atoms with van der Waals surface area (Å²) in [5.74, 6) is 0. The molecule has 20 heavy (non-hydrogen) atoms. The van der Waals surface area contributed by atoms with E-state index in [9.17, 15) is 13.2 Å². The molecule has 0 radical (unpaired) electrons. The van der Waals surface area contributed by atoms with E-state index in [-0.39, 0.29) is 0 Å². The number of rotatable bonds is 3. The van der Waals surface area contributed by atoms with Crippen LogP contribution in [-0.4, -0.2) is 0 Å². The van der Waals surface area contributed by atoms with Crippen molar-refractivity contribution >= 4 is 0 Å². The highest BCUT2D eigenvalue weighted by Crippen LogP contribution is 2.32. The maximum absolute atomic E-state index is 12.7. The van der Waals surface area contributed by atoms with E-state index in [0.29, 0.717) is 5.56 Å². The van der Waals surface area contributed by atoms with Crippen LogP contribution in [0.5, 0.6) is 0 Å². The van der Waals surface area contributed by atoms with E-state index in [0.717, 1.165) is 18.4 Å². The van der Waals surface area contributed by atoms with Gasteiger partial charge >= 0.3 is 6.18 Å². The number of alkyl halides is 3. The third kappa shape index (κ3) is 3.62. The normalized spacial score (nSPS) is 11.7. The number of hydrogen-bond donors (Lipinski definition) is 0. The fourth-order valence-electron chi connectivity index (χ4n) is 2.24. The van der Waals surface area contributed by atoms with Gasteiger partial charge in [-0.15, -0.1) is 0 Å². The van der Waals surface area contributed by atoms with E-state index < -0.39 is 11.7 Å². The minimum atomic E-state index is -4.26. The lowest BCUT2D eigenvalue weighted by atomic mass is 9.99. The first-order chi connectivity index (χ1) is 9.36. The van der Waals surface area contributed by atoms with Gasteiger partial charge in [0.2, 0.25) is 0 Å². The first kappa shape index (κ1) is 14.6. The summed E-state index contributed by atoms with van der Waals surface area (Å²) in [7, 11) is 0. The topological polar surface area (TPSA) is 0 Å². The van der Waals surface area contributed by atoms with Gasteiger partial charge in [-0.3, -0.25) is 0 Å². The fourth-order valence-corrected chi connectivity index (χ4v) is 2.24. The van der Waals surface area contributed by atoms with Crippen molar-refractivity contribution in [2.24, 2.45) is 0 Å².